The Morgan fingerprint density at radius 1 is 1.33 bits per heavy atom. The summed E-state index contributed by atoms with van der Waals surface area (Å²) in [6.07, 6.45) is 5.58. The third kappa shape index (κ3) is 2.34. The SMILES string of the molecule is CCNc1nc(CC2CCOC2)nc2c1CCC2. The number of hydrogen-bond donors (Lipinski definition) is 1. The Morgan fingerprint density at radius 2 is 2.28 bits per heavy atom. The van der Waals surface area contributed by atoms with Gasteiger partial charge in [0, 0.05) is 37.4 Å². The van der Waals surface area contributed by atoms with E-state index in [1.54, 1.807) is 0 Å². The molecule has 1 N–H and O–H groups in total. The van der Waals surface area contributed by atoms with Crippen LogP contribution in [0.4, 0.5) is 5.82 Å². The largest absolute Gasteiger partial charge is 0.381 e. The smallest absolute Gasteiger partial charge is 0.133 e. The summed E-state index contributed by atoms with van der Waals surface area (Å²) in [5, 5.41) is 3.39. The van der Waals surface area contributed by atoms with Gasteiger partial charge in [0.1, 0.15) is 11.6 Å². The molecule has 2 aliphatic rings. The molecule has 98 valence electrons. The fourth-order valence-electron chi connectivity index (χ4n) is 2.89. The molecule has 0 aromatic carbocycles. The van der Waals surface area contributed by atoms with Gasteiger partial charge in [0.2, 0.25) is 0 Å². The highest BCUT2D eigenvalue weighted by molar-refractivity contribution is 5.48. The quantitative estimate of drug-likeness (QED) is 0.883. The van der Waals surface area contributed by atoms with Gasteiger partial charge in [-0.3, -0.25) is 0 Å². The van der Waals surface area contributed by atoms with E-state index in [0.29, 0.717) is 5.92 Å². The molecule has 2 heterocycles. The second-order valence-corrected chi connectivity index (χ2v) is 5.23. The van der Waals surface area contributed by atoms with E-state index in [1.165, 1.54) is 17.7 Å². The summed E-state index contributed by atoms with van der Waals surface area (Å²) in [6, 6.07) is 0. The molecule has 0 saturated carbocycles. The number of aromatic nitrogens is 2. The van der Waals surface area contributed by atoms with Crippen molar-refractivity contribution in [2.45, 2.75) is 39.0 Å². The second-order valence-electron chi connectivity index (χ2n) is 5.23. The minimum absolute atomic E-state index is 0.610. The van der Waals surface area contributed by atoms with E-state index in [4.69, 9.17) is 14.7 Å². The summed E-state index contributed by atoms with van der Waals surface area (Å²) in [4.78, 5) is 9.47. The van der Waals surface area contributed by atoms with Crippen molar-refractivity contribution in [3.8, 4) is 0 Å². The van der Waals surface area contributed by atoms with Gasteiger partial charge in [-0.15, -0.1) is 0 Å². The maximum atomic E-state index is 5.43. The number of anilines is 1. The molecule has 3 rings (SSSR count). The minimum Gasteiger partial charge on any atom is -0.381 e. The fraction of sp³-hybridized carbons (Fsp3) is 0.714. The molecular weight excluding hydrogens is 226 g/mol. The molecule has 18 heavy (non-hydrogen) atoms. The molecule has 0 bridgehead atoms. The Balaban J connectivity index is 1.83. The highest BCUT2D eigenvalue weighted by atomic mass is 16.5. The monoisotopic (exact) mass is 247 g/mol. The molecule has 1 atom stereocenters. The predicted molar refractivity (Wildman–Crippen MR) is 70.9 cm³/mol. The third-order valence-electron chi connectivity index (χ3n) is 3.82. The van der Waals surface area contributed by atoms with Crippen LogP contribution in [0.2, 0.25) is 0 Å². The lowest BCUT2D eigenvalue weighted by molar-refractivity contribution is 0.185. The molecule has 1 aromatic rings. The lowest BCUT2D eigenvalue weighted by Crippen LogP contribution is -2.12. The molecule has 1 fully saturated rings. The van der Waals surface area contributed by atoms with Crippen LogP contribution in [0.3, 0.4) is 0 Å². The van der Waals surface area contributed by atoms with E-state index in [1.807, 2.05) is 0 Å². The number of ether oxygens (including phenoxy) is 1. The van der Waals surface area contributed by atoms with Crippen LogP contribution in [-0.4, -0.2) is 29.7 Å². The van der Waals surface area contributed by atoms with E-state index in [9.17, 15) is 0 Å². The molecule has 4 heteroatoms. The zero-order valence-corrected chi connectivity index (χ0v) is 11.0. The molecule has 1 saturated heterocycles. The van der Waals surface area contributed by atoms with Gasteiger partial charge in [0.25, 0.3) is 0 Å². The van der Waals surface area contributed by atoms with Crippen molar-refractivity contribution in [3.63, 3.8) is 0 Å². The van der Waals surface area contributed by atoms with Crippen molar-refractivity contribution in [2.24, 2.45) is 5.92 Å². The molecule has 1 aliphatic heterocycles. The summed E-state index contributed by atoms with van der Waals surface area (Å²) in [6.45, 7) is 4.82. The maximum Gasteiger partial charge on any atom is 0.133 e. The molecule has 0 spiro atoms. The predicted octanol–water partition coefficient (Wildman–Crippen LogP) is 1.98. The summed E-state index contributed by atoms with van der Waals surface area (Å²) >= 11 is 0. The number of hydrogen-bond acceptors (Lipinski definition) is 4. The van der Waals surface area contributed by atoms with E-state index < -0.39 is 0 Å². The molecule has 1 unspecified atom stereocenters. The van der Waals surface area contributed by atoms with Gasteiger partial charge in [-0.2, -0.15) is 0 Å². The lowest BCUT2D eigenvalue weighted by atomic mass is 10.0. The van der Waals surface area contributed by atoms with E-state index in [2.05, 4.69) is 12.2 Å². The molecular formula is C14H21N3O. The Labute approximate surface area is 108 Å². The summed E-state index contributed by atoms with van der Waals surface area (Å²) in [5.41, 5.74) is 2.62. The number of rotatable bonds is 4. The van der Waals surface area contributed by atoms with Crippen LogP contribution < -0.4 is 5.32 Å². The topological polar surface area (TPSA) is 47.0 Å². The van der Waals surface area contributed by atoms with Crippen molar-refractivity contribution in [1.82, 2.24) is 9.97 Å². The van der Waals surface area contributed by atoms with Crippen molar-refractivity contribution in [2.75, 3.05) is 25.1 Å². The minimum atomic E-state index is 0.610. The van der Waals surface area contributed by atoms with E-state index in [-0.39, 0.29) is 0 Å². The van der Waals surface area contributed by atoms with Crippen molar-refractivity contribution >= 4 is 5.82 Å². The van der Waals surface area contributed by atoms with Crippen LogP contribution in [0.5, 0.6) is 0 Å². The zero-order valence-electron chi connectivity index (χ0n) is 11.0. The van der Waals surface area contributed by atoms with Gasteiger partial charge < -0.3 is 10.1 Å². The average molecular weight is 247 g/mol. The zero-order chi connectivity index (χ0) is 12.4. The Hall–Kier alpha value is -1.16. The van der Waals surface area contributed by atoms with Gasteiger partial charge in [-0.25, -0.2) is 9.97 Å². The Morgan fingerprint density at radius 3 is 3.06 bits per heavy atom. The van der Waals surface area contributed by atoms with Crippen LogP contribution in [0.1, 0.15) is 36.8 Å². The van der Waals surface area contributed by atoms with Crippen molar-refractivity contribution in [3.05, 3.63) is 17.1 Å². The molecule has 1 aliphatic carbocycles. The van der Waals surface area contributed by atoms with Crippen LogP contribution in [0, 0.1) is 5.92 Å². The Kier molecular flexibility index (Phi) is 3.46. The first kappa shape index (κ1) is 11.9. The van der Waals surface area contributed by atoms with Gasteiger partial charge in [0.05, 0.1) is 0 Å². The van der Waals surface area contributed by atoms with Gasteiger partial charge in [-0.05, 0) is 38.5 Å². The number of nitrogens with one attached hydrogen (secondary N) is 1. The molecule has 1 aromatic heterocycles. The number of nitrogens with zero attached hydrogens (tertiary/aromatic N) is 2. The second kappa shape index (κ2) is 5.22. The molecule has 0 radical (unpaired) electrons. The highest BCUT2D eigenvalue weighted by Crippen LogP contribution is 2.27. The van der Waals surface area contributed by atoms with E-state index >= 15 is 0 Å². The third-order valence-corrected chi connectivity index (χ3v) is 3.82. The van der Waals surface area contributed by atoms with Crippen molar-refractivity contribution < 1.29 is 4.74 Å². The van der Waals surface area contributed by atoms with Gasteiger partial charge in [0.15, 0.2) is 0 Å². The normalized spacial score (nSPS) is 22.2. The van der Waals surface area contributed by atoms with Crippen LogP contribution in [0.15, 0.2) is 0 Å². The first-order chi connectivity index (χ1) is 8.86. The fourth-order valence-corrected chi connectivity index (χ4v) is 2.89. The first-order valence-electron chi connectivity index (χ1n) is 7.07. The summed E-state index contributed by atoms with van der Waals surface area (Å²) in [7, 11) is 0. The van der Waals surface area contributed by atoms with E-state index in [0.717, 1.165) is 57.1 Å². The maximum absolute atomic E-state index is 5.43. The van der Waals surface area contributed by atoms with Crippen LogP contribution in [0.25, 0.3) is 0 Å². The summed E-state index contributed by atoms with van der Waals surface area (Å²) in [5.74, 6) is 2.69. The number of aryl methyl sites for hydroxylation is 1. The van der Waals surface area contributed by atoms with Gasteiger partial charge >= 0.3 is 0 Å². The van der Waals surface area contributed by atoms with Crippen LogP contribution in [-0.2, 0) is 24.0 Å². The standard InChI is InChI=1S/C14H21N3O/c1-2-15-14-11-4-3-5-12(11)16-13(17-14)8-10-6-7-18-9-10/h10H,2-9H2,1H3,(H,15,16,17). The first-order valence-corrected chi connectivity index (χ1v) is 7.07. The lowest BCUT2D eigenvalue weighted by Gasteiger charge is -2.12. The van der Waals surface area contributed by atoms with Gasteiger partial charge in [-0.1, -0.05) is 0 Å². The molecule has 4 nitrogen and oxygen atoms in total. The Bertz CT molecular complexity index is 427. The number of fused-ring (bicyclic) bond motifs is 1. The highest BCUT2D eigenvalue weighted by Gasteiger charge is 2.22. The van der Waals surface area contributed by atoms with Crippen LogP contribution >= 0.6 is 0 Å². The molecule has 0 amide bonds. The summed E-state index contributed by atoms with van der Waals surface area (Å²) < 4.78 is 5.43. The van der Waals surface area contributed by atoms with Crippen molar-refractivity contribution in [1.29, 1.82) is 0 Å². The average Bonchev–Trinajstić information content (AvgIpc) is 3.00.